The average molecular weight is 264 g/mol. The van der Waals surface area contributed by atoms with Crippen molar-refractivity contribution in [2.24, 2.45) is 0 Å². The maximum absolute atomic E-state index is 12.4. The first-order valence-electron chi connectivity index (χ1n) is 6.77. The van der Waals surface area contributed by atoms with Crippen molar-refractivity contribution >= 4 is 11.0 Å². The van der Waals surface area contributed by atoms with E-state index in [0.717, 1.165) is 16.7 Å². The van der Waals surface area contributed by atoms with Gasteiger partial charge in [-0.05, 0) is 29.2 Å². The zero-order valence-corrected chi connectivity index (χ0v) is 11.6. The normalized spacial score (nSPS) is 11.2. The number of rotatable bonds is 2. The average Bonchev–Trinajstić information content (AvgIpc) is 2.48. The van der Waals surface area contributed by atoms with Gasteiger partial charge in [0.2, 0.25) is 0 Å². The molecule has 0 unspecified atom stereocenters. The Morgan fingerprint density at radius 3 is 2.40 bits per heavy atom. The van der Waals surface area contributed by atoms with Gasteiger partial charge in [-0.3, -0.25) is 4.79 Å². The topological polar surface area (TPSA) is 30.2 Å². The van der Waals surface area contributed by atoms with Crippen LogP contribution in [0.2, 0.25) is 0 Å². The fourth-order valence-corrected chi connectivity index (χ4v) is 2.35. The van der Waals surface area contributed by atoms with E-state index in [4.69, 9.17) is 4.42 Å². The number of benzene rings is 2. The largest absolute Gasteiger partial charge is 0.464 e. The Labute approximate surface area is 117 Å². The third-order valence-electron chi connectivity index (χ3n) is 3.53. The summed E-state index contributed by atoms with van der Waals surface area (Å²) in [7, 11) is 0. The van der Waals surface area contributed by atoms with Crippen LogP contribution in [0.15, 0.2) is 64.0 Å². The van der Waals surface area contributed by atoms with Crippen molar-refractivity contribution in [2.75, 3.05) is 0 Å². The second-order valence-corrected chi connectivity index (χ2v) is 5.25. The minimum atomic E-state index is 0.0702. The van der Waals surface area contributed by atoms with Crippen LogP contribution in [-0.2, 0) is 0 Å². The summed E-state index contributed by atoms with van der Waals surface area (Å²) in [6.07, 6.45) is 1.59. The maximum atomic E-state index is 12.4. The molecule has 0 saturated carbocycles. The van der Waals surface area contributed by atoms with Gasteiger partial charge < -0.3 is 4.42 Å². The Morgan fingerprint density at radius 1 is 0.950 bits per heavy atom. The van der Waals surface area contributed by atoms with Crippen LogP contribution in [0.3, 0.4) is 0 Å². The molecule has 0 atom stereocenters. The lowest BCUT2D eigenvalue weighted by molar-refractivity contribution is 0.586. The van der Waals surface area contributed by atoms with Gasteiger partial charge in [0, 0.05) is 5.56 Å². The molecule has 0 aliphatic rings. The van der Waals surface area contributed by atoms with Gasteiger partial charge >= 0.3 is 0 Å². The molecule has 3 aromatic rings. The first-order valence-corrected chi connectivity index (χ1v) is 6.77. The molecule has 20 heavy (non-hydrogen) atoms. The summed E-state index contributed by atoms with van der Waals surface area (Å²) in [6.45, 7) is 3.99. The molecular formula is C18H16O2. The summed E-state index contributed by atoms with van der Waals surface area (Å²) in [5.74, 6) is 0.171. The van der Waals surface area contributed by atoms with Crippen molar-refractivity contribution in [3.05, 3.63) is 70.6 Å². The SMILES string of the molecule is CC(C)c1coc2cc(-c3ccccc3)ccc2c1=O. The molecule has 0 fully saturated rings. The molecule has 0 aliphatic carbocycles. The molecule has 2 heteroatoms. The zero-order chi connectivity index (χ0) is 14.1. The molecule has 0 saturated heterocycles. The van der Waals surface area contributed by atoms with Crippen LogP contribution >= 0.6 is 0 Å². The summed E-state index contributed by atoms with van der Waals surface area (Å²) in [5.41, 5.74) is 3.61. The second kappa shape index (κ2) is 4.97. The van der Waals surface area contributed by atoms with Crippen molar-refractivity contribution in [2.45, 2.75) is 19.8 Å². The molecule has 1 aromatic heterocycles. The van der Waals surface area contributed by atoms with E-state index in [9.17, 15) is 4.79 Å². The highest BCUT2D eigenvalue weighted by molar-refractivity contribution is 5.83. The third-order valence-corrected chi connectivity index (χ3v) is 3.53. The Morgan fingerprint density at radius 2 is 1.70 bits per heavy atom. The first-order chi connectivity index (χ1) is 9.66. The molecule has 1 heterocycles. The number of fused-ring (bicyclic) bond motifs is 1. The van der Waals surface area contributed by atoms with E-state index >= 15 is 0 Å². The van der Waals surface area contributed by atoms with Gasteiger partial charge in [0.05, 0.1) is 11.6 Å². The van der Waals surface area contributed by atoms with Gasteiger partial charge in [-0.25, -0.2) is 0 Å². The first kappa shape index (κ1) is 12.7. The summed E-state index contributed by atoms with van der Waals surface area (Å²) < 4.78 is 5.65. The predicted octanol–water partition coefficient (Wildman–Crippen LogP) is 4.58. The summed E-state index contributed by atoms with van der Waals surface area (Å²) in [4.78, 5) is 12.4. The monoisotopic (exact) mass is 264 g/mol. The van der Waals surface area contributed by atoms with Crippen molar-refractivity contribution < 1.29 is 4.42 Å². The molecule has 0 N–H and O–H groups in total. The molecule has 0 amide bonds. The summed E-state index contributed by atoms with van der Waals surface area (Å²) in [6, 6.07) is 15.8. The fraction of sp³-hybridized carbons (Fsp3) is 0.167. The molecule has 3 rings (SSSR count). The molecule has 0 bridgehead atoms. The highest BCUT2D eigenvalue weighted by atomic mass is 16.3. The van der Waals surface area contributed by atoms with E-state index in [2.05, 4.69) is 0 Å². The lowest BCUT2D eigenvalue weighted by Gasteiger charge is -2.07. The van der Waals surface area contributed by atoms with Crippen LogP contribution in [-0.4, -0.2) is 0 Å². The molecule has 100 valence electrons. The van der Waals surface area contributed by atoms with Gasteiger partial charge in [0.25, 0.3) is 0 Å². The van der Waals surface area contributed by atoms with Crippen LogP contribution in [0.4, 0.5) is 0 Å². The van der Waals surface area contributed by atoms with E-state index in [1.165, 1.54) is 0 Å². The van der Waals surface area contributed by atoms with Gasteiger partial charge in [-0.2, -0.15) is 0 Å². The molecule has 2 nitrogen and oxygen atoms in total. The number of hydrogen-bond acceptors (Lipinski definition) is 2. The lowest BCUT2D eigenvalue weighted by Crippen LogP contribution is -2.09. The third kappa shape index (κ3) is 2.14. The van der Waals surface area contributed by atoms with Crippen molar-refractivity contribution in [3.63, 3.8) is 0 Å². The molecular weight excluding hydrogens is 248 g/mol. The Kier molecular flexibility index (Phi) is 3.15. The van der Waals surface area contributed by atoms with E-state index in [-0.39, 0.29) is 11.3 Å². The van der Waals surface area contributed by atoms with Crippen LogP contribution in [0.1, 0.15) is 25.3 Å². The molecule has 0 aliphatic heterocycles. The van der Waals surface area contributed by atoms with Gasteiger partial charge in [-0.15, -0.1) is 0 Å². The summed E-state index contributed by atoms with van der Waals surface area (Å²) in [5, 5.41) is 0.649. The van der Waals surface area contributed by atoms with E-state index in [1.807, 2.05) is 62.4 Å². The van der Waals surface area contributed by atoms with Crippen LogP contribution in [0.25, 0.3) is 22.1 Å². The highest BCUT2D eigenvalue weighted by Crippen LogP contribution is 2.24. The van der Waals surface area contributed by atoms with E-state index < -0.39 is 0 Å². The van der Waals surface area contributed by atoms with E-state index in [0.29, 0.717) is 11.0 Å². The minimum Gasteiger partial charge on any atom is -0.464 e. The second-order valence-electron chi connectivity index (χ2n) is 5.25. The van der Waals surface area contributed by atoms with Crippen LogP contribution in [0.5, 0.6) is 0 Å². The number of hydrogen-bond donors (Lipinski definition) is 0. The Balaban J connectivity index is 2.19. The fourth-order valence-electron chi connectivity index (χ4n) is 2.35. The molecule has 0 radical (unpaired) electrons. The Hall–Kier alpha value is -2.35. The minimum absolute atomic E-state index is 0.0702. The lowest BCUT2D eigenvalue weighted by atomic mass is 10.0. The van der Waals surface area contributed by atoms with Gasteiger partial charge in [0.1, 0.15) is 5.58 Å². The molecule has 0 spiro atoms. The van der Waals surface area contributed by atoms with E-state index in [1.54, 1.807) is 6.26 Å². The molecule has 2 aromatic carbocycles. The van der Waals surface area contributed by atoms with Crippen LogP contribution < -0.4 is 5.43 Å². The highest BCUT2D eigenvalue weighted by Gasteiger charge is 2.10. The quantitative estimate of drug-likeness (QED) is 0.678. The van der Waals surface area contributed by atoms with Crippen molar-refractivity contribution in [1.82, 2.24) is 0 Å². The van der Waals surface area contributed by atoms with Gasteiger partial charge in [-0.1, -0.05) is 50.2 Å². The standard InChI is InChI=1S/C18H16O2/c1-12(2)16-11-20-17-10-14(8-9-15(17)18(16)19)13-6-4-3-5-7-13/h3-12H,1-2H3. The van der Waals surface area contributed by atoms with Crippen molar-refractivity contribution in [1.29, 1.82) is 0 Å². The van der Waals surface area contributed by atoms with Crippen molar-refractivity contribution in [3.8, 4) is 11.1 Å². The summed E-state index contributed by atoms with van der Waals surface area (Å²) >= 11 is 0. The smallest absolute Gasteiger partial charge is 0.196 e. The zero-order valence-electron chi connectivity index (χ0n) is 11.6. The van der Waals surface area contributed by atoms with Crippen LogP contribution in [0, 0.1) is 0 Å². The van der Waals surface area contributed by atoms with Gasteiger partial charge in [0.15, 0.2) is 5.43 Å². The predicted molar refractivity (Wildman–Crippen MR) is 82.0 cm³/mol. The Bertz CT molecular complexity index is 799. The maximum Gasteiger partial charge on any atom is 0.196 e.